The first-order valence-electron chi connectivity index (χ1n) is 6.40. The Balaban J connectivity index is 1.81. The molecule has 0 fully saturated rings. The van der Waals surface area contributed by atoms with Gasteiger partial charge in [0.25, 0.3) is 0 Å². The van der Waals surface area contributed by atoms with Crippen LogP contribution in [0.15, 0.2) is 35.7 Å². The van der Waals surface area contributed by atoms with E-state index in [-0.39, 0.29) is 11.8 Å². The molecule has 3 nitrogen and oxygen atoms in total. The molecule has 0 amide bonds. The number of hydrogen-bond donors (Lipinski definition) is 1. The van der Waals surface area contributed by atoms with E-state index in [1.165, 1.54) is 16.9 Å². The zero-order chi connectivity index (χ0) is 13.7. The first kappa shape index (κ1) is 13.9. The van der Waals surface area contributed by atoms with E-state index in [1.807, 2.05) is 37.4 Å². The quantitative estimate of drug-likeness (QED) is 0.824. The van der Waals surface area contributed by atoms with Crippen molar-refractivity contribution in [2.24, 2.45) is 0 Å². The van der Waals surface area contributed by atoms with Gasteiger partial charge >= 0.3 is 0 Å². The fourth-order valence-corrected chi connectivity index (χ4v) is 2.65. The van der Waals surface area contributed by atoms with E-state index in [0.717, 1.165) is 18.7 Å². The molecule has 0 saturated heterocycles. The molecule has 0 saturated carbocycles. The monoisotopic (exact) mass is 274 g/mol. The summed E-state index contributed by atoms with van der Waals surface area (Å²) < 4.78 is 0. The standard InChI is InChI=1S/C15H18N2OS/c1-11-10-19-15(17-11)14(18)12(2)16-9-8-13-6-4-3-5-7-13/h3-7,10,12,16H,8-9H2,1-2H3. The normalized spacial score (nSPS) is 12.3. The molecule has 0 radical (unpaired) electrons. The number of ketones is 1. The molecule has 1 atom stereocenters. The van der Waals surface area contributed by atoms with Crippen LogP contribution in [0.25, 0.3) is 0 Å². The van der Waals surface area contributed by atoms with E-state index in [2.05, 4.69) is 22.4 Å². The largest absolute Gasteiger partial charge is 0.307 e. The molecule has 2 aromatic rings. The minimum Gasteiger partial charge on any atom is -0.307 e. The van der Waals surface area contributed by atoms with Crippen molar-refractivity contribution in [2.75, 3.05) is 6.54 Å². The number of thiazole rings is 1. The van der Waals surface area contributed by atoms with E-state index in [0.29, 0.717) is 5.01 Å². The first-order chi connectivity index (χ1) is 9.16. The topological polar surface area (TPSA) is 42.0 Å². The Morgan fingerprint density at radius 3 is 2.74 bits per heavy atom. The van der Waals surface area contributed by atoms with Gasteiger partial charge in [-0.15, -0.1) is 11.3 Å². The number of nitrogens with zero attached hydrogens (tertiary/aromatic N) is 1. The van der Waals surface area contributed by atoms with Gasteiger partial charge in [-0.25, -0.2) is 4.98 Å². The van der Waals surface area contributed by atoms with Crippen molar-refractivity contribution in [3.8, 4) is 0 Å². The molecular formula is C15H18N2OS. The second-order valence-electron chi connectivity index (χ2n) is 4.57. The molecule has 1 N–H and O–H groups in total. The molecule has 0 aliphatic carbocycles. The van der Waals surface area contributed by atoms with E-state index in [9.17, 15) is 4.79 Å². The van der Waals surface area contributed by atoms with Gasteiger partial charge in [-0.1, -0.05) is 30.3 Å². The number of nitrogens with one attached hydrogen (secondary N) is 1. The van der Waals surface area contributed by atoms with Crippen LogP contribution < -0.4 is 5.32 Å². The molecule has 1 aromatic carbocycles. The summed E-state index contributed by atoms with van der Waals surface area (Å²) in [4.78, 5) is 16.3. The predicted molar refractivity (Wildman–Crippen MR) is 78.8 cm³/mol. The summed E-state index contributed by atoms with van der Waals surface area (Å²) in [5.41, 5.74) is 2.18. The molecule has 1 aromatic heterocycles. The van der Waals surface area contributed by atoms with E-state index in [1.54, 1.807) is 0 Å². The highest BCUT2D eigenvalue weighted by Gasteiger charge is 2.17. The van der Waals surface area contributed by atoms with Gasteiger partial charge < -0.3 is 5.32 Å². The van der Waals surface area contributed by atoms with Crippen LogP contribution in [-0.4, -0.2) is 23.4 Å². The van der Waals surface area contributed by atoms with Crippen molar-refractivity contribution in [1.82, 2.24) is 10.3 Å². The van der Waals surface area contributed by atoms with Gasteiger partial charge in [0, 0.05) is 11.1 Å². The third kappa shape index (κ3) is 3.98. The fourth-order valence-electron chi connectivity index (χ4n) is 1.82. The van der Waals surface area contributed by atoms with Crippen LogP contribution in [-0.2, 0) is 6.42 Å². The Morgan fingerprint density at radius 2 is 2.11 bits per heavy atom. The first-order valence-corrected chi connectivity index (χ1v) is 7.28. The lowest BCUT2D eigenvalue weighted by Crippen LogP contribution is -2.35. The maximum absolute atomic E-state index is 12.1. The number of rotatable bonds is 6. The summed E-state index contributed by atoms with van der Waals surface area (Å²) in [6.07, 6.45) is 0.926. The molecule has 2 rings (SSSR count). The number of benzene rings is 1. The molecular weight excluding hydrogens is 256 g/mol. The Morgan fingerprint density at radius 1 is 1.37 bits per heavy atom. The molecule has 0 aliphatic rings. The summed E-state index contributed by atoms with van der Waals surface area (Å²) >= 11 is 1.42. The van der Waals surface area contributed by atoms with Gasteiger partial charge in [0.2, 0.25) is 5.78 Å². The third-order valence-electron chi connectivity index (χ3n) is 2.93. The Hall–Kier alpha value is -1.52. The number of hydrogen-bond acceptors (Lipinski definition) is 4. The van der Waals surface area contributed by atoms with Gasteiger partial charge in [0.15, 0.2) is 5.01 Å². The summed E-state index contributed by atoms with van der Waals surface area (Å²) in [6, 6.07) is 10.1. The second kappa shape index (κ2) is 6.59. The van der Waals surface area contributed by atoms with Crippen LogP contribution in [0, 0.1) is 6.92 Å². The zero-order valence-corrected chi connectivity index (χ0v) is 12.0. The summed E-state index contributed by atoms with van der Waals surface area (Å²) in [5.74, 6) is 0.0751. The van der Waals surface area contributed by atoms with Crippen molar-refractivity contribution in [1.29, 1.82) is 0 Å². The van der Waals surface area contributed by atoms with Crippen LogP contribution in [0.5, 0.6) is 0 Å². The van der Waals surface area contributed by atoms with Crippen LogP contribution in [0.3, 0.4) is 0 Å². The van der Waals surface area contributed by atoms with Crippen molar-refractivity contribution < 1.29 is 4.79 Å². The van der Waals surface area contributed by atoms with Crippen LogP contribution in [0.1, 0.15) is 28.0 Å². The minimum atomic E-state index is -0.186. The van der Waals surface area contributed by atoms with Gasteiger partial charge in [-0.05, 0) is 32.4 Å². The van der Waals surface area contributed by atoms with Crippen LogP contribution in [0.4, 0.5) is 0 Å². The van der Waals surface area contributed by atoms with Gasteiger partial charge in [0.1, 0.15) is 0 Å². The summed E-state index contributed by atoms with van der Waals surface area (Å²) in [5, 5.41) is 5.76. The van der Waals surface area contributed by atoms with Crippen molar-refractivity contribution in [3.05, 3.63) is 52.0 Å². The summed E-state index contributed by atoms with van der Waals surface area (Å²) in [6.45, 7) is 4.59. The number of carbonyl (C=O) groups excluding carboxylic acids is 1. The van der Waals surface area contributed by atoms with Gasteiger partial charge in [-0.3, -0.25) is 4.79 Å². The third-order valence-corrected chi connectivity index (χ3v) is 3.90. The lowest BCUT2D eigenvalue weighted by Gasteiger charge is -2.11. The smallest absolute Gasteiger partial charge is 0.207 e. The van der Waals surface area contributed by atoms with Crippen molar-refractivity contribution in [3.63, 3.8) is 0 Å². The molecule has 0 bridgehead atoms. The molecule has 0 aliphatic heterocycles. The minimum absolute atomic E-state index is 0.0751. The SMILES string of the molecule is Cc1csc(C(=O)C(C)NCCc2ccccc2)n1. The van der Waals surface area contributed by atoms with E-state index in [4.69, 9.17) is 0 Å². The van der Waals surface area contributed by atoms with Crippen molar-refractivity contribution >= 4 is 17.1 Å². The highest BCUT2D eigenvalue weighted by atomic mass is 32.1. The summed E-state index contributed by atoms with van der Waals surface area (Å²) in [7, 11) is 0. The van der Waals surface area contributed by atoms with Crippen LogP contribution in [0.2, 0.25) is 0 Å². The van der Waals surface area contributed by atoms with E-state index < -0.39 is 0 Å². The average molecular weight is 274 g/mol. The Kier molecular flexibility index (Phi) is 4.82. The molecule has 19 heavy (non-hydrogen) atoms. The number of carbonyl (C=O) groups is 1. The van der Waals surface area contributed by atoms with Gasteiger partial charge in [-0.2, -0.15) is 0 Å². The molecule has 4 heteroatoms. The lowest BCUT2D eigenvalue weighted by atomic mass is 10.1. The Bertz CT molecular complexity index is 536. The number of aromatic nitrogens is 1. The number of aryl methyl sites for hydroxylation is 1. The highest BCUT2D eigenvalue weighted by molar-refractivity contribution is 7.11. The highest BCUT2D eigenvalue weighted by Crippen LogP contribution is 2.11. The zero-order valence-electron chi connectivity index (χ0n) is 11.2. The lowest BCUT2D eigenvalue weighted by molar-refractivity contribution is 0.0951. The maximum atomic E-state index is 12.1. The van der Waals surface area contributed by atoms with Crippen molar-refractivity contribution in [2.45, 2.75) is 26.3 Å². The fraction of sp³-hybridized carbons (Fsp3) is 0.333. The maximum Gasteiger partial charge on any atom is 0.207 e. The second-order valence-corrected chi connectivity index (χ2v) is 5.43. The van der Waals surface area contributed by atoms with E-state index >= 15 is 0 Å². The van der Waals surface area contributed by atoms with Gasteiger partial charge in [0.05, 0.1) is 6.04 Å². The Labute approximate surface area is 117 Å². The van der Waals surface area contributed by atoms with Crippen LogP contribution >= 0.6 is 11.3 Å². The average Bonchev–Trinajstić information content (AvgIpc) is 2.85. The molecule has 0 spiro atoms. The predicted octanol–water partition coefficient (Wildman–Crippen LogP) is 2.86. The number of Topliss-reactive ketones (excluding diaryl/α,β-unsaturated/α-hetero) is 1. The molecule has 1 unspecified atom stereocenters. The molecule has 100 valence electrons. The molecule has 1 heterocycles.